The standard InChI is InChI=1S/C12H21NO/c14-12(11-7-2-1-3-8-11)13-9-10-5-4-6-10/h10-11H,1-9H2,(H,13,14). The van der Waals surface area contributed by atoms with E-state index in [9.17, 15) is 4.79 Å². The monoisotopic (exact) mass is 195 g/mol. The maximum Gasteiger partial charge on any atom is 0.223 e. The lowest BCUT2D eigenvalue weighted by Gasteiger charge is -2.27. The Kier molecular flexibility index (Phi) is 3.44. The summed E-state index contributed by atoms with van der Waals surface area (Å²) in [7, 11) is 0. The predicted molar refractivity (Wildman–Crippen MR) is 56.9 cm³/mol. The summed E-state index contributed by atoms with van der Waals surface area (Å²) >= 11 is 0. The third-order valence-electron chi connectivity index (χ3n) is 3.77. The molecule has 0 bridgehead atoms. The average Bonchev–Trinajstić information content (AvgIpc) is 2.16. The zero-order valence-electron chi connectivity index (χ0n) is 8.93. The molecule has 2 saturated carbocycles. The second-order valence-electron chi connectivity index (χ2n) is 4.88. The van der Waals surface area contributed by atoms with E-state index < -0.39 is 0 Å². The van der Waals surface area contributed by atoms with Gasteiger partial charge in [0.05, 0.1) is 0 Å². The number of carbonyl (C=O) groups is 1. The van der Waals surface area contributed by atoms with E-state index in [0.29, 0.717) is 11.8 Å². The Morgan fingerprint density at radius 1 is 1.00 bits per heavy atom. The number of nitrogens with one attached hydrogen (secondary N) is 1. The number of rotatable bonds is 3. The van der Waals surface area contributed by atoms with Gasteiger partial charge in [-0.15, -0.1) is 0 Å². The van der Waals surface area contributed by atoms with Gasteiger partial charge in [-0.3, -0.25) is 4.79 Å². The normalized spacial score (nSPS) is 24.3. The second kappa shape index (κ2) is 4.81. The first-order valence-electron chi connectivity index (χ1n) is 6.14. The highest BCUT2D eigenvalue weighted by atomic mass is 16.1. The van der Waals surface area contributed by atoms with Crippen LogP contribution >= 0.6 is 0 Å². The Hall–Kier alpha value is -0.530. The summed E-state index contributed by atoms with van der Waals surface area (Å²) in [6.45, 7) is 0.940. The summed E-state index contributed by atoms with van der Waals surface area (Å²) < 4.78 is 0. The number of hydrogen-bond donors (Lipinski definition) is 1. The molecule has 1 amide bonds. The molecule has 1 N–H and O–H groups in total. The third kappa shape index (κ3) is 2.49. The largest absolute Gasteiger partial charge is 0.356 e. The zero-order chi connectivity index (χ0) is 9.80. The second-order valence-corrected chi connectivity index (χ2v) is 4.88. The van der Waals surface area contributed by atoms with Crippen LogP contribution in [0.5, 0.6) is 0 Å². The molecule has 0 aromatic rings. The van der Waals surface area contributed by atoms with Gasteiger partial charge in [0.2, 0.25) is 5.91 Å². The van der Waals surface area contributed by atoms with Gasteiger partial charge in [-0.25, -0.2) is 0 Å². The highest BCUT2D eigenvalue weighted by molar-refractivity contribution is 5.78. The van der Waals surface area contributed by atoms with Gasteiger partial charge in [-0.05, 0) is 31.6 Å². The Bertz CT molecular complexity index is 192. The van der Waals surface area contributed by atoms with E-state index in [-0.39, 0.29) is 0 Å². The summed E-state index contributed by atoms with van der Waals surface area (Å²) in [5.41, 5.74) is 0. The Balaban J connectivity index is 1.65. The molecule has 14 heavy (non-hydrogen) atoms. The third-order valence-corrected chi connectivity index (χ3v) is 3.77. The van der Waals surface area contributed by atoms with E-state index in [1.807, 2.05) is 0 Å². The first-order chi connectivity index (χ1) is 6.86. The minimum absolute atomic E-state index is 0.330. The van der Waals surface area contributed by atoms with Crippen molar-refractivity contribution in [1.82, 2.24) is 5.32 Å². The van der Waals surface area contributed by atoms with Crippen molar-refractivity contribution in [2.45, 2.75) is 51.4 Å². The van der Waals surface area contributed by atoms with Crippen LogP contribution in [0.15, 0.2) is 0 Å². The molecular weight excluding hydrogens is 174 g/mol. The van der Waals surface area contributed by atoms with E-state index in [0.717, 1.165) is 25.3 Å². The Morgan fingerprint density at radius 2 is 1.71 bits per heavy atom. The molecule has 0 saturated heterocycles. The molecule has 2 heteroatoms. The molecule has 2 fully saturated rings. The molecule has 2 rings (SSSR count). The fourth-order valence-corrected chi connectivity index (χ4v) is 2.45. The fourth-order valence-electron chi connectivity index (χ4n) is 2.45. The molecular formula is C12H21NO. The van der Waals surface area contributed by atoms with Crippen LogP contribution in [0.3, 0.4) is 0 Å². The zero-order valence-corrected chi connectivity index (χ0v) is 8.93. The lowest BCUT2D eigenvalue weighted by atomic mass is 9.85. The summed E-state index contributed by atoms with van der Waals surface area (Å²) in [5, 5.41) is 3.12. The first kappa shape index (κ1) is 10.0. The van der Waals surface area contributed by atoms with E-state index in [4.69, 9.17) is 0 Å². The highest BCUT2D eigenvalue weighted by Gasteiger charge is 2.23. The van der Waals surface area contributed by atoms with Crippen LogP contribution in [0.4, 0.5) is 0 Å². The van der Waals surface area contributed by atoms with Crippen molar-refractivity contribution >= 4 is 5.91 Å². The minimum Gasteiger partial charge on any atom is -0.356 e. The van der Waals surface area contributed by atoms with Crippen LogP contribution in [0, 0.1) is 11.8 Å². The molecule has 0 radical (unpaired) electrons. The molecule has 2 nitrogen and oxygen atoms in total. The molecule has 80 valence electrons. The minimum atomic E-state index is 0.330. The van der Waals surface area contributed by atoms with Crippen molar-refractivity contribution in [3.05, 3.63) is 0 Å². The summed E-state index contributed by atoms with van der Waals surface area (Å²) in [6.07, 6.45) is 10.1. The van der Waals surface area contributed by atoms with Crippen LogP contribution in [0.1, 0.15) is 51.4 Å². The average molecular weight is 195 g/mol. The van der Waals surface area contributed by atoms with Crippen LogP contribution in [0.2, 0.25) is 0 Å². The SMILES string of the molecule is O=C(NCC1CCC1)C1CCCCC1. The van der Waals surface area contributed by atoms with Crippen molar-refractivity contribution in [2.24, 2.45) is 11.8 Å². The van der Waals surface area contributed by atoms with Crippen LogP contribution < -0.4 is 5.32 Å². The Labute approximate surface area is 86.5 Å². The van der Waals surface area contributed by atoms with Crippen LogP contribution in [-0.4, -0.2) is 12.5 Å². The van der Waals surface area contributed by atoms with Gasteiger partial charge in [0, 0.05) is 12.5 Å². The number of carbonyl (C=O) groups excluding carboxylic acids is 1. The van der Waals surface area contributed by atoms with Gasteiger partial charge in [0.1, 0.15) is 0 Å². The van der Waals surface area contributed by atoms with Gasteiger partial charge in [0.15, 0.2) is 0 Å². The van der Waals surface area contributed by atoms with Crippen LogP contribution in [0.25, 0.3) is 0 Å². The van der Waals surface area contributed by atoms with Crippen molar-refractivity contribution in [3.8, 4) is 0 Å². The molecule has 0 atom stereocenters. The molecule has 0 heterocycles. The van der Waals surface area contributed by atoms with Crippen molar-refractivity contribution in [2.75, 3.05) is 6.54 Å². The fraction of sp³-hybridized carbons (Fsp3) is 0.917. The first-order valence-corrected chi connectivity index (χ1v) is 6.14. The smallest absolute Gasteiger partial charge is 0.223 e. The van der Waals surface area contributed by atoms with Gasteiger partial charge in [0.25, 0.3) is 0 Å². The topological polar surface area (TPSA) is 29.1 Å². The maximum absolute atomic E-state index is 11.7. The maximum atomic E-state index is 11.7. The van der Waals surface area contributed by atoms with E-state index in [2.05, 4.69) is 5.32 Å². The number of amides is 1. The molecule has 0 spiro atoms. The quantitative estimate of drug-likeness (QED) is 0.736. The molecule has 0 aromatic carbocycles. The van der Waals surface area contributed by atoms with Crippen molar-refractivity contribution < 1.29 is 4.79 Å². The van der Waals surface area contributed by atoms with Gasteiger partial charge < -0.3 is 5.32 Å². The van der Waals surface area contributed by atoms with Crippen molar-refractivity contribution in [3.63, 3.8) is 0 Å². The summed E-state index contributed by atoms with van der Waals surface area (Å²) in [5.74, 6) is 1.46. The van der Waals surface area contributed by atoms with Crippen molar-refractivity contribution in [1.29, 1.82) is 0 Å². The molecule has 2 aliphatic rings. The van der Waals surface area contributed by atoms with Gasteiger partial charge in [-0.2, -0.15) is 0 Å². The highest BCUT2D eigenvalue weighted by Crippen LogP contribution is 2.26. The van der Waals surface area contributed by atoms with E-state index in [1.54, 1.807) is 0 Å². The summed E-state index contributed by atoms with van der Waals surface area (Å²) in [6, 6.07) is 0. The lowest BCUT2D eigenvalue weighted by molar-refractivity contribution is -0.126. The van der Waals surface area contributed by atoms with E-state index in [1.165, 1.54) is 38.5 Å². The number of hydrogen-bond acceptors (Lipinski definition) is 1. The summed E-state index contributed by atoms with van der Waals surface area (Å²) in [4.78, 5) is 11.7. The lowest BCUT2D eigenvalue weighted by Crippen LogP contribution is -2.36. The van der Waals surface area contributed by atoms with E-state index >= 15 is 0 Å². The van der Waals surface area contributed by atoms with Crippen LogP contribution in [-0.2, 0) is 4.79 Å². The molecule has 0 aromatic heterocycles. The van der Waals surface area contributed by atoms with Gasteiger partial charge >= 0.3 is 0 Å². The van der Waals surface area contributed by atoms with Gasteiger partial charge in [-0.1, -0.05) is 25.7 Å². The Morgan fingerprint density at radius 3 is 2.29 bits per heavy atom. The molecule has 2 aliphatic carbocycles. The predicted octanol–water partition coefficient (Wildman–Crippen LogP) is 2.48. The molecule has 0 unspecified atom stereocenters. The molecule has 0 aliphatic heterocycles.